The molecule has 0 unspecified atom stereocenters. The van der Waals surface area contributed by atoms with Gasteiger partial charge in [-0.15, -0.1) is 0 Å². The fraction of sp³-hybridized carbons (Fsp3) is 0.333. The van der Waals surface area contributed by atoms with E-state index >= 15 is 0 Å². The normalized spacial score (nSPS) is 17.4. The van der Waals surface area contributed by atoms with Gasteiger partial charge in [0.25, 0.3) is 0 Å². The van der Waals surface area contributed by atoms with Crippen molar-refractivity contribution in [3.05, 3.63) is 48.4 Å². The molecule has 2 amide bonds. The van der Waals surface area contributed by atoms with Gasteiger partial charge in [0.1, 0.15) is 10.6 Å². The second kappa shape index (κ2) is 7.59. The van der Waals surface area contributed by atoms with Crippen molar-refractivity contribution in [1.29, 1.82) is 0 Å². The van der Waals surface area contributed by atoms with Crippen molar-refractivity contribution in [2.45, 2.75) is 42.1 Å². The number of aromatic amines is 1. The topological polar surface area (TPSA) is 156 Å². The van der Waals surface area contributed by atoms with Gasteiger partial charge in [-0.1, -0.05) is 0 Å². The van der Waals surface area contributed by atoms with Gasteiger partial charge in [-0.2, -0.15) is 5.10 Å². The van der Waals surface area contributed by atoms with Crippen molar-refractivity contribution in [1.82, 2.24) is 20.2 Å². The number of rotatable bonds is 6. The van der Waals surface area contributed by atoms with Crippen LogP contribution >= 0.6 is 0 Å². The first-order valence-corrected chi connectivity index (χ1v) is 12.0. The molecule has 11 heteroatoms. The average Bonchev–Trinajstić information content (AvgIpc) is 3.46. The molecule has 0 bridgehead atoms. The van der Waals surface area contributed by atoms with Crippen LogP contribution in [0.4, 0.5) is 22.0 Å². The number of anilines is 3. The lowest BCUT2D eigenvalue weighted by atomic mass is 9.81. The minimum absolute atomic E-state index is 0.240. The van der Waals surface area contributed by atoms with Gasteiger partial charge in [0.2, 0.25) is 0 Å². The Bertz CT molecular complexity index is 1250. The number of amides is 2. The SMILES string of the molecule is Nc1cc(C2(S(=O)(=O)C3CC3)CCC2)nc(-c2ccc(NC(=O)Nc3cn[nH]c3)cc2)n1. The van der Waals surface area contributed by atoms with Gasteiger partial charge in [-0.3, -0.25) is 5.10 Å². The lowest BCUT2D eigenvalue weighted by Gasteiger charge is -2.40. The molecule has 5 N–H and O–H groups in total. The van der Waals surface area contributed by atoms with Crippen molar-refractivity contribution in [2.75, 3.05) is 16.4 Å². The Hall–Kier alpha value is -3.47. The number of nitrogens with one attached hydrogen (secondary N) is 3. The molecule has 5 rings (SSSR count). The number of benzene rings is 1. The van der Waals surface area contributed by atoms with E-state index in [1.807, 2.05) is 0 Å². The molecule has 2 aliphatic carbocycles. The van der Waals surface area contributed by atoms with Crippen LogP contribution in [0, 0.1) is 0 Å². The molecular formula is C21H23N7O3S. The largest absolute Gasteiger partial charge is 0.384 e. The van der Waals surface area contributed by atoms with E-state index in [0.29, 0.717) is 41.3 Å². The van der Waals surface area contributed by atoms with Crippen LogP contribution in [-0.4, -0.2) is 39.9 Å². The van der Waals surface area contributed by atoms with Gasteiger partial charge in [-0.25, -0.2) is 23.2 Å². The zero-order chi connectivity index (χ0) is 22.3. The minimum atomic E-state index is -3.31. The van der Waals surface area contributed by atoms with E-state index in [2.05, 4.69) is 30.8 Å². The fourth-order valence-corrected chi connectivity index (χ4v) is 6.67. The maximum absolute atomic E-state index is 13.2. The standard InChI is InChI=1S/C21H23N7O3S/c22-18-10-17(21(8-1-9-21)32(30,31)16-6-7-16)27-19(28-18)13-2-4-14(5-3-13)25-20(29)26-15-11-23-24-12-15/h2-5,10-12,16H,1,6-9H2,(H,23,24)(H2,22,27,28)(H2,25,26,29). The number of carbonyl (C=O) groups excluding carboxylic acids is 1. The van der Waals surface area contributed by atoms with Crippen molar-refractivity contribution in [3.8, 4) is 11.4 Å². The third kappa shape index (κ3) is 3.58. The summed E-state index contributed by atoms with van der Waals surface area (Å²) in [6.45, 7) is 0. The maximum Gasteiger partial charge on any atom is 0.323 e. The van der Waals surface area contributed by atoms with E-state index in [9.17, 15) is 13.2 Å². The summed E-state index contributed by atoms with van der Waals surface area (Å²) in [4.78, 5) is 21.0. The number of nitrogens with zero attached hydrogens (tertiary/aromatic N) is 3. The first kappa shape index (κ1) is 20.4. The summed E-state index contributed by atoms with van der Waals surface area (Å²) in [6.07, 6.45) is 6.49. The first-order valence-electron chi connectivity index (χ1n) is 10.4. The second-order valence-electron chi connectivity index (χ2n) is 8.24. The van der Waals surface area contributed by atoms with E-state index in [1.54, 1.807) is 36.5 Å². The zero-order valence-electron chi connectivity index (χ0n) is 17.2. The number of carbonyl (C=O) groups is 1. The predicted molar refractivity (Wildman–Crippen MR) is 121 cm³/mol. The highest BCUT2D eigenvalue weighted by atomic mass is 32.2. The number of H-pyrrole nitrogens is 1. The molecule has 2 heterocycles. The van der Waals surface area contributed by atoms with Crippen LogP contribution in [-0.2, 0) is 14.6 Å². The molecule has 0 atom stereocenters. The molecule has 3 aromatic rings. The van der Waals surface area contributed by atoms with Crippen LogP contribution < -0.4 is 16.4 Å². The summed E-state index contributed by atoms with van der Waals surface area (Å²) < 4.78 is 25.4. The van der Waals surface area contributed by atoms with Gasteiger partial charge in [0, 0.05) is 23.5 Å². The second-order valence-corrected chi connectivity index (χ2v) is 10.8. The van der Waals surface area contributed by atoms with E-state index < -0.39 is 20.6 Å². The van der Waals surface area contributed by atoms with E-state index in [1.165, 1.54) is 6.20 Å². The summed E-state index contributed by atoms with van der Waals surface area (Å²) in [5.74, 6) is 0.607. The van der Waals surface area contributed by atoms with Gasteiger partial charge in [0.15, 0.2) is 15.7 Å². The van der Waals surface area contributed by atoms with Gasteiger partial charge < -0.3 is 16.4 Å². The summed E-state index contributed by atoms with van der Waals surface area (Å²) in [6, 6.07) is 8.15. The highest BCUT2D eigenvalue weighted by Gasteiger charge is 2.57. The van der Waals surface area contributed by atoms with Crippen LogP contribution in [0.15, 0.2) is 42.7 Å². The lowest BCUT2D eigenvalue weighted by molar-refractivity contribution is 0.262. The third-order valence-corrected chi connectivity index (χ3v) is 9.09. The van der Waals surface area contributed by atoms with Crippen molar-refractivity contribution in [3.63, 3.8) is 0 Å². The monoisotopic (exact) mass is 453 g/mol. The lowest BCUT2D eigenvalue weighted by Crippen LogP contribution is -2.45. The van der Waals surface area contributed by atoms with Crippen molar-refractivity contribution in [2.24, 2.45) is 0 Å². The Morgan fingerprint density at radius 3 is 2.41 bits per heavy atom. The molecule has 2 aromatic heterocycles. The summed E-state index contributed by atoms with van der Waals surface area (Å²) in [5.41, 5.74) is 8.33. The molecule has 0 saturated heterocycles. The van der Waals surface area contributed by atoms with Crippen LogP contribution in [0.3, 0.4) is 0 Å². The minimum Gasteiger partial charge on any atom is -0.384 e. The Kier molecular flexibility index (Phi) is 4.85. The van der Waals surface area contributed by atoms with Crippen LogP contribution in [0.25, 0.3) is 11.4 Å². The number of hydrogen-bond acceptors (Lipinski definition) is 7. The third-order valence-electron chi connectivity index (χ3n) is 6.04. The molecule has 10 nitrogen and oxygen atoms in total. The van der Waals surface area contributed by atoms with Crippen LogP contribution in [0.2, 0.25) is 0 Å². The average molecular weight is 454 g/mol. The molecule has 2 saturated carbocycles. The van der Waals surface area contributed by atoms with Gasteiger partial charge in [0.05, 0.1) is 22.8 Å². The van der Waals surface area contributed by atoms with Gasteiger partial charge in [-0.05, 0) is 56.4 Å². The summed E-state index contributed by atoms with van der Waals surface area (Å²) >= 11 is 0. The van der Waals surface area contributed by atoms with Gasteiger partial charge >= 0.3 is 6.03 Å². The number of aromatic nitrogens is 4. The number of urea groups is 1. The fourth-order valence-electron chi connectivity index (χ4n) is 4.03. The molecule has 1 aromatic carbocycles. The molecule has 32 heavy (non-hydrogen) atoms. The quantitative estimate of drug-likeness (QED) is 0.447. The number of nitrogen functional groups attached to an aromatic ring is 1. The summed E-state index contributed by atoms with van der Waals surface area (Å²) in [7, 11) is -3.31. The van der Waals surface area contributed by atoms with Crippen LogP contribution in [0.5, 0.6) is 0 Å². The van der Waals surface area contributed by atoms with E-state index in [0.717, 1.165) is 19.3 Å². The Morgan fingerprint density at radius 2 is 1.81 bits per heavy atom. The smallest absolute Gasteiger partial charge is 0.323 e. The predicted octanol–water partition coefficient (Wildman–Crippen LogP) is 3.05. The zero-order valence-corrected chi connectivity index (χ0v) is 18.0. The molecule has 2 aliphatic rings. The van der Waals surface area contributed by atoms with Crippen LogP contribution in [0.1, 0.15) is 37.8 Å². The van der Waals surface area contributed by atoms with Crippen molar-refractivity contribution >= 4 is 33.1 Å². The Morgan fingerprint density at radius 1 is 1.09 bits per heavy atom. The number of nitrogens with two attached hydrogens (primary N) is 1. The molecule has 166 valence electrons. The Balaban J connectivity index is 1.38. The highest BCUT2D eigenvalue weighted by molar-refractivity contribution is 7.93. The van der Waals surface area contributed by atoms with E-state index in [4.69, 9.17) is 5.73 Å². The highest BCUT2D eigenvalue weighted by Crippen LogP contribution is 2.53. The Labute approximate surface area is 185 Å². The molecule has 2 fully saturated rings. The molecule has 0 aliphatic heterocycles. The number of hydrogen-bond donors (Lipinski definition) is 4. The molecule has 0 spiro atoms. The maximum atomic E-state index is 13.2. The number of sulfone groups is 1. The molecular weight excluding hydrogens is 430 g/mol. The molecule has 0 radical (unpaired) electrons. The van der Waals surface area contributed by atoms with Crippen molar-refractivity contribution < 1.29 is 13.2 Å². The summed E-state index contributed by atoms with van der Waals surface area (Å²) in [5, 5.41) is 11.5. The van der Waals surface area contributed by atoms with E-state index in [-0.39, 0.29) is 11.1 Å². The first-order chi connectivity index (χ1) is 15.4.